The van der Waals surface area contributed by atoms with E-state index in [4.69, 9.17) is 0 Å². The lowest BCUT2D eigenvalue weighted by Crippen LogP contribution is -2.10. The highest BCUT2D eigenvalue weighted by atomic mass is 15.1. The lowest BCUT2D eigenvalue weighted by molar-refractivity contribution is 0.402. The Balaban J connectivity index is 1.85. The van der Waals surface area contributed by atoms with E-state index in [0.29, 0.717) is 0 Å². The van der Waals surface area contributed by atoms with Crippen molar-refractivity contribution in [3.05, 3.63) is 60.4 Å². The van der Waals surface area contributed by atoms with E-state index in [1.54, 1.807) is 0 Å². The number of fused-ring (bicyclic) bond motifs is 1. The smallest absolute Gasteiger partial charge is 0.130 e. The molecule has 106 valence electrons. The van der Waals surface area contributed by atoms with E-state index < -0.39 is 0 Å². The van der Waals surface area contributed by atoms with Crippen molar-refractivity contribution < 1.29 is 0 Å². The minimum absolute atomic E-state index is 0.842. The largest absolute Gasteiger partial charge is 0.340 e. The molecule has 0 unspecified atom stereocenters. The number of pyridine rings is 2. The molecule has 0 aliphatic carbocycles. The van der Waals surface area contributed by atoms with Crippen molar-refractivity contribution in [2.45, 2.75) is 6.54 Å². The summed E-state index contributed by atoms with van der Waals surface area (Å²) in [6, 6.07) is 14.2. The van der Waals surface area contributed by atoms with Crippen LogP contribution in [0.2, 0.25) is 0 Å². The molecule has 0 bridgehead atoms. The van der Waals surface area contributed by atoms with Crippen LogP contribution < -0.4 is 5.32 Å². The molecule has 0 atom stereocenters. The maximum atomic E-state index is 4.48. The van der Waals surface area contributed by atoms with E-state index in [0.717, 1.165) is 29.0 Å². The van der Waals surface area contributed by atoms with Gasteiger partial charge in [0, 0.05) is 24.3 Å². The summed E-state index contributed by atoms with van der Waals surface area (Å²) in [7, 11) is 4.10. The van der Waals surface area contributed by atoms with Gasteiger partial charge in [-0.25, -0.2) is 4.98 Å². The molecular weight excluding hydrogens is 260 g/mol. The molecule has 0 saturated heterocycles. The average Bonchev–Trinajstić information content (AvgIpc) is 2.49. The Hall–Kier alpha value is -2.46. The molecule has 4 nitrogen and oxygen atoms in total. The third-order valence-corrected chi connectivity index (χ3v) is 3.24. The molecule has 2 aromatic heterocycles. The highest BCUT2D eigenvalue weighted by Gasteiger charge is 2.03. The summed E-state index contributed by atoms with van der Waals surface area (Å²) in [5.41, 5.74) is 3.20. The zero-order valence-electron chi connectivity index (χ0n) is 12.2. The Morgan fingerprint density at radius 2 is 1.86 bits per heavy atom. The van der Waals surface area contributed by atoms with Crippen LogP contribution in [0.1, 0.15) is 5.56 Å². The predicted octanol–water partition coefficient (Wildman–Crippen LogP) is 3.44. The van der Waals surface area contributed by atoms with Crippen molar-refractivity contribution in [2.24, 2.45) is 0 Å². The first-order valence-electron chi connectivity index (χ1n) is 6.93. The van der Waals surface area contributed by atoms with Crippen molar-refractivity contribution in [3.8, 4) is 0 Å². The van der Waals surface area contributed by atoms with E-state index >= 15 is 0 Å². The van der Waals surface area contributed by atoms with Gasteiger partial charge in [0.2, 0.25) is 0 Å². The van der Waals surface area contributed by atoms with Crippen LogP contribution in [0.4, 0.5) is 11.5 Å². The zero-order chi connectivity index (χ0) is 14.7. The van der Waals surface area contributed by atoms with Gasteiger partial charge >= 0.3 is 0 Å². The summed E-state index contributed by atoms with van der Waals surface area (Å²) in [5.74, 6) is 0.842. The Kier molecular flexibility index (Phi) is 3.79. The van der Waals surface area contributed by atoms with Crippen LogP contribution in [0.5, 0.6) is 0 Å². The quantitative estimate of drug-likeness (QED) is 0.793. The summed E-state index contributed by atoms with van der Waals surface area (Å²) in [6.07, 6.45) is 3.72. The average molecular weight is 278 g/mol. The molecule has 21 heavy (non-hydrogen) atoms. The molecule has 3 rings (SSSR count). The maximum absolute atomic E-state index is 4.48. The van der Waals surface area contributed by atoms with Gasteiger partial charge in [0.15, 0.2) is 0 Å². The number of rotatable bonds is 4. The van der Waals surface area contributed by atoms with Gasteiger partial charge in [-0.2, -0.15) is 0 Å². The van der Waals surface area contributed by atoms with Gasteiger partial charge in [-0.1, -0.05) is 24.3 Å². The van der Waals surface area contributed by atoms with Crippen LogP contribution in [0.25, 0.3) is 10.9 Å². The molecule has 1 aromatic carbocycles. The molecule has 2 heterocycles. The van der Waals surface area contributed by atoms with Crippen LogP contribution in [0, 0.1) is 0 Å². The number of anilines is 2. The molecule has 0 saturated carbocycles. The van der Waals surface area contributed by atoms with E-state index in [9.17, 15) is 0 Å². The second-order valence-electron chi connectivity index (χ2n) is 5.29. The van der Waals surface area contributed by atoms with Crippen molar-refractivity contribution in [1.82, 2.24) is 14.9 Å². The van der Waals surface area contributed by atoms with Crippen LogP contribution in [-0.2, 0) is 6.54 Å². The molecule has 1 N–H and O–H groups in total. The molecule has 0 aliphatic heterocycles. The normalized spacial score (nSPS) is 11.0. The topological polar surface area (TPSA) is 41.0 Å². The van der Waals surface area contributed by atoms with Gasteiger partial charge in [-0.15, -0.1) is 0 Å². The third kappa shape index (κ3) is 3.17. The van der Waals surface area contributed by atoms with Crippen molar-refractivity contribution in [3.63, 3.8) is 0 Å². The van der Waals surface area contributed by atoms with Gasteiger partial charge in [0.25, 0.3) is 0 Å². The fourth-order valence-corrected chi connectivity index (χ4v) is 2.30. The molecule has 0 aliphatic rings. The first-order chi connectivity index (χ1) is 10.2. The third-order valence-electron chi connectivity index (χ3n) is 3.24. The number of hydrogen-bond donors (Lipinski definition) is 1. The molecule has 4 heteroatoms. The molecule has 3 aromatic rings. The standard InChI is InChI=1S/C17H18N4/c1-21(2)12-13-7-8-17(19-11-13)20-16-9-10-18-15-6-4-3-5-14(15)16/h3-11H,12H2,1-2H3,(H,18,19,20). The molecule has 0 fully saturated rings. The fraction of sp³-hybridized carbons (Fsp3) is 0.176. The zero-order valence-corrected chi connectivity index (χ0v) is 12.2. The summed E-state index contributed by atoms with van der Waals surface area (Å²) in [6.45, 7) is 0.894. The first-order valence-corrected chi connectivity index (χ1v) is 6.93. The van der Waals surface area contributed by atoms with Crippen LogP contribution in [0.15, 0.2) is 54.9 Å². The van der Waals surface area contributed by atoms with E-state index in [2.05, 4.69) is 46.4 Å². The van der Waals surface area contributed by atoms with Gasteiger partial charge in [0.05, 0.1) is 11.2 Å². The Labute approximate surface area is 124 Å². The van der Waals surface area contributed by atoms with E-state index in [1.807, 2.05) is 42.7 Å². The van der Waals surface area contributed by atoms with Crippen LogP contribution >= 0.6 is 0 Å². The molecule has 0 amide bonds. The highest BCUT2D eigenvalue weighted by Crippen LogP contribution is 2.23. The Morgan fingerprint density at radius 3 is 2.62 bits per heavy atom. The summed E-state index contributed by atoms with van der Waals surface area (Å²) >= 11 is 0. The lowest BCUT2D eigenvalue weighted by atomic mass is 10.2. The number of nitrogens with zero attached hydrogens (tertiary/aromatic N) is 3. The summed E-state index contributed by atoms with van der Waals surface area (Å²) in [5, 5.41) is 4.46. The van der Waals surface area contributed by atoms with Gasteiger partial charge in [-0.3, -0.25) is 4.98 Å². The SMILES string of the molecule is CN(C)Cc1ccc(Nc2ccnc3ccccc23)nc1. The van der Waals surface area contributed by atoms with Crippen LogP contribution in [0.3, 0.4) is 0 Å². The Bertz CT molecular complexity index is 730. The van der Waals surface area contributed by atoms with Gasteiger partial charge in [0.1, 0.15) is 5.82 Å². The van der Waals surface area contributed by atoms with E-state index in [-0.39, 0.29) is 0 Å². The van der Waals surface area contributed by atoms with Crippen molar-refractivity contribution in [2.75, 3.05) is 19.4 Å². The fourth-order valence-electron chi connectivity index (χ4n) is 2.30. The van der Waals surface area contributed by atoms with Crippen molar-refractivity contribution >= 4 is 22.4 Å². The number of hydrogen-bond acceptors (Lipinski definition) is 4. The molecule has 0 spiro atoms. The number of benzene rings is 1. The van der Waals surface area contributed by atoms with Gasteiger partial charge in [-0.05, 0) is 37.9 Å². The van der Waals surface area contributed by atoms with Gasteiger partial charge < -0.3 is 10.2 Å². The first kappa shape index (κ1) is 13.5. The lowest BCUT2D eigenvalue weighted by Gasteiger charge is -2.11. The van der Waals surface area contributed by atoms with Crippen LogP contribution in [-0.4, -0.2) is 29.0 Å². The number of nitrogens with one attached hydrogen (secondary N) is 1. The molecular formula is C17H18N4. The second-order valence-corrected chi connectivity index (χ2v) is 5.29. The number of para-hydroxylation sites is 1. The highest BCUT2D eigenvalue weighted by molar-refractivity contribution is 5.92. The maximum Gasteiger partial charge on any atom is 0.130 e. The molecule has 0 radical (unpaired) electrons. The van der Waals surface area contributed by atoms with E-state index in [1.165, 1.54) is 5.56 Å². The Morgan fingerprint density at radius 1 is 1.00 bits per heavy atom. The minimum atomic E-state index is 0.842. The predicted molar refractivity (Wildman–Crippen MR) is 86.7 cm³/mol. The number of aromatic nitrogens is 2. The summed E-state index contributed by atoms with van der Waals surface area (Å²) < 4.78 is 0. The monoisotopic (exact) mass is 278 g/mol. The second kappa shape index (κ2) is 5.89. The van der Waals surface area contributed by atoms with Crippen molar-refractivity contribution in [1.29, 1.82) is 0 Å². The summed E-state index contributed by atoms with van der Waals surface area (Å²) in [4.78, 5) is 11.0. The minimum Gasteiger partial charge on any atom is -0.340 e.